The molecular weight excluding hydrogens is 240 g/mol. The first kappa shape index (κ1) is 12.7. The van der Waals surface area contributed by atoms with E-state index in [9.17, 15) is 19.5 Å². The number of fused-ring (bicyclic) bond motifs is 1. The van der Waals surface area contributed by atoms with Gasteiger partial charge in [0.25, 0.3) is 0 Å². The topological polar surface area (TPSA) is 119 Å². The van der Waals surface area contributed by atoms with Crippen LogP contribution in [0.25, 0.3) is 0 Å². The quantitative estimate of drug-likeness (QED) is 0.316. The molecule has 0 saturated heterocycles. The number of carboxylic acid groups (broad SMARTS) is 1. The highest BCUT2D eigenvalue weighted by molar-refractivity contribution is 6.15. The Morgan fingerprint density at radius 3 is 2.89 bits per heavy atom. The van der Waals surface area contributed by atoms with Crippen molar-refractivity contribution in [3.63, 3.8) is 0 Å². The Morgan fingerprint density at radius 1 is 1.67 bits per heavy atom. The lowest BCUT2D eigenvalue weighted by atomic mass is 9.58. The molecule has 1 heterocycles. The van der Waals surface area contributed by atoms with E-state index in [1.165, 1.54) is 13.0 Å². The first-order chi connectivity index (χ1) is 8.39. The molecule has 7 heteroatoms. The third-order valence-electron chi connectivity index (χ3n) is 3.36. The summed E-state index contributed by atoms with van der Waals surface area (Å²) in [5.41, 5.74) is 4.53. The summed E-state index contributed by atoms with van der Waals surface area (Å²) in [6, 6.07) is -1.39. The highest BCUT2D eigenvalue weighted by atomic mass is 16.5. The number of nitrogens with two attached hydrogens (primary N) is 1. The summed E-state index contributed by atoms with van der Waals surface area (Å²) in [5, 5.41) is 12.1. The maximum atomic E-state index is 11.7. The predicted octanol–water partition coefficient (Wildman–Crippen LogP) is -1.57. The zero-order chi connectivity index (χ0) is 13.5. The minimum atomic E-state index is -1.60. The van der Waals surface area contributed by atoms with Gasteiger partial charge in [-0.15, -0.1) is 0 Å². The van der Waals surface area contributed by atoms with Gasteiger partial charge in [0.1, 0.15) is 6.61 Å². The molecule has 0 radical (unpaired) electrons. The van der Waals surface area contributed by atoms with E-state index in [1.807, 2.05) is 0 Å². The van der Waals surface area contributed by atoms with Crippen molar-refractivity contribution in [2.45, 2.75) is 19.0 Å². The molecule has 1 aliphatic carbocycles. The van der Waals surface area contributed by atoms with Crippen molar-refractivity contribution >= 4 is 17.7 Å². The number of hydrogen-bond acceptors (Lipinski definition) is 6. The molecule has 98 valence electrons. The first-order valence-electron chi connectivity index (χ1n) is 5.50. The molecule has 0 aromatic rings. The number of rotatable bonds is 3. The second kappa shape index (κ2) is 4.18. The number of ketones is 1. The number of carbonyl (C=O) groups is 3. The lowest BCUT2D eigenvalue weighted by Crippen LogP contribution is -2.77. The maximum absolute atomic E-state index is 11.7. The molecule has 0 aromatic carbocycles. The first-order valence-corrected chi connectivity index (χ1v) is 5.50. The summed E-state index contributed by atoms with van der Waals surface area (Å²) in [7, 11) is 0. The van der Waals surface area contributed by atoms with Gasteiger partial charge in [-0.05, 0) is 5.57 Å². The molecule has 4 N–H and O–H groups in total. The third-order valence-corrected chi connectivity index (χ3v) is 3.36. The molecule has 2 rings (SSSR count). The van der Waals surface area contributed by atoms with Crippen LogP contribution in [0.2, 0.25) is 0 Å². The van der Waals surface area contributed by atoms with Gasteiger partial charge in [-0.2, -0.15) is 0 Å². The van der Waals surface area contributed by atoms with Crippen molar-refractivity contribution < 1.29 is 24.2 Å². The van der Waals surface area contributed by atoms with Crippen molar-refractivity contribution in [2.24, 2.45) is 11.1 Å². The van der Waals surface area contributed by atoms with Crippen LogP contribution in [-0.2, 0) is 19.1 Å². The molecule has 3 atom stereocenters. The van der Waals surface area contributed by atoms with Gasteiger partial charge < -0.3 is 20.9 Å². The fraction of sp³-hybridized carbons (Fsp3) is 0.545. The smallest absolute Gasteiger partial charge is 0.322 e. The zero-order valence-corrected chi connectivity index (χ0v) is 9.80. The van der Waals surface area contributed by atoms with Crippen LogP contribution in [0.15, 0.2) is 11.6 Å². The Bertz CT molecular complexity index is 458. The third kappa shape index (κ3) is 1.63. The second-order valence-electron chi connectivity index (χ2n) is 4.51. The summed E-state index contributed by atoms with van der Waals surface area (Å²) in [6.45, 7) is 1.59. The summed E-state index contributed by atoms with van der Waals surface area (Å²) >= 11 is 0. The number of aliphatic carboxylic acids is 1. The lowest BCUT2D eigenvalue weighted by Gasteiger charge is -2.50. The van der Waals surface area contributed by atoms with Crippen LogP contribution in [-0.4, -0.2) is 48.1 Å². The standard InChI is InChI=1S/C11H14N2O5/c1-5(14)18-4-6-2-11(10(16)17)8(13-3-6)7(12)9(11)15/h2,7-8,13H,3-4,12H2,1H3,(H,16,17)/t7-,8+,11?/m1/s1. The van der Waals surface area contributed by atoms with E-state index in [4.69, 9.17) is 10.5 Å². The van der Waals surface area contributed by atoms with Gasteiger partial charge in [-0.1, -0.05) is 6.08 Å². The van der Waals surface area contributed by atoms with Gasteiger partial charge in [0.15, 0.2) is 11.2 Å². The number of carboxylic acids is 1. The predicted molar refractivity (Wildman–Crippen MR) is 59.6 cm³/mol. The average molecular weight is 254 g/mol. The second-order valence-corrected chi connectivity index (χ2v) is 4.51. The molecule has 0 aromatic heterocycles. The summed E-state index contributed by atoms with van der Waals surface area (Å²) in [6.07, 6.45) is 1.37. The van der Waals surface area contributed by atoms with E-state index in [0.29, 0.717) is 12.1 Å². The van der Waals surface area contributed by atoms with Crippen molar-refractivity contribution in [3.05, 3.63) is 11.6 Å². The molecule has 7 nitrogen and oxygen atoms in total. The number of esters is 1. The largest absolute Gasteiger partial charge is 0.480 e. The lowest BCUT2D eigenvalue weighted by molar-refractivity contribution is -0.162. The molecular formula is C11H14N2O5. The Hall–Kier alpha value is -1.73. The van der Waals surface area contributed by atoms with Crippen molar-refractivity contribution in [3.8, 4) is 0 Å². The number of carbonyl (C=O) groups excluding carboxylic acids is 2. The molecule has 0 amide bonds. The summed E-state index contributed by atoms with van der Waals surface area (Å²) < 4.78 is 4.79. The minimum absolute atomic E-state index is 0.0212. The van der Waals surface area contributed by atoms with Crippen molar-refractivity contribution in [2.75, 3.05) is 13.2 Å². The van der Waals surface area contributed by atoms with Gasteiger partial charge in [0.05, 0.1) is 12.1 Å². The Kier molecular flexibility index (Phi) is 2.95. The fourth-order valence-corrected chi connectivity index (χ4v) is 2.42. The maximum Gasteiger partial charge on any atom is 0.322 e. The molecule has 0 bridgehead atoms. The Balaban J connectivity index is 2.24. The van der Waals surface area contributed by atoms with Gasteiger partial charge in [-0.25, -0.2) is 0 Å². The average Bonchev–Trinajstić information content (AvgIpc) is 2.34. The number of nitrogens with one attached hydrogen (secondary N) is 1. The van der Waals surface area contributed by atoms with E-state index in [0.717, 1.165) is 0 Å². The van der Waals surface area contributed by atoms with E-state index in [2.05, 4.69) is 5.32 Å². The van der Waals surface area contributed by atoms with Crippen LogP contribution in [0.1, 0.15) is 6.92 Å². The van der Waals surface area contributed by atoms with Crippen molar-refractivity contribution in [1.29, 1.82) is 0 Å². The van der Waals surface area contributed by atoms with Gasteiger partial charge in [0, 0.05) is 13.5 Å². The van der Waals surface area contributed by atoms with Crippen LogP contribution in [0, 0.1) is 5.41 Å². The molecule has 1 fully saturated rings. The van der Waals surface area contributed by atoms with Crippen molar-refractivity contribution in [1.82, 2.24) is 5.32 Å². The van der Waals surface area contributed by atoms with Crippen LogP contribution in [0.3, 0.4) is 0 Å². The highest BCUT2D eigenvalue weighted by Gasteiger charge is 2.65. The van der Waals surface area contributed by atoms with Gasteiger partial charge in [-0.3, -0.25) is 14.4 Å². The molecule has 1 saturated carbocycles. The number of Topliss-reactive ketones (excluding diaryl/α,β-unsaturated/α-hetero) is 1. The van der Waals surface area contributed by atoms with Crippen LogP contribution in [0.4, 0.5) is 0 Å². The fourth-order valence-electron chi connectivity index (χ4n) is 2.42. The van der Waals surface area contributed by atoms with Gasteiger partial charge in [0.2, 0.25) is 0 Å². The zero-order valence-electron chi connectivity index (χ0n) is 9.80. The van der Waals surface area contributed by atoms with Crippen LogP contribution in [0.5, 0.6) is 0 Å². The van der Waals surface area contributed by atoms with Gasteiger partial charge >= 0.3 is 11.9 Å². The SMILES string of the molecule is CC(=O)OCC1=CC2(C(=O)O)C(=O)[C@H](N)[C@@H]2NC1. The van der Waals surface area contributed by atoms with E-state index >= 15 is 0 Å². The van der Waals surface area contributed by atoms with E-state index < -0.39 is 35.2 Å². The summed E-state index contributed by atoms with van der Waals surface area (Å²) in [5.74, 6) is -2.21. The van der Waals surface area contributed by atoms with Crippen LogP contribution >= 0.6 is 0 Å². The molecule has 0 spiro atoms. The molecule has 18 heavy (non-hydrogen) atoms. The normalized spacial score (nSPS) is 34.1. The number of hydrogen-bond donors (Lipinski definition) is 3. The molecule has 1 unspecified atom stereocenters. The number of ether oxygens (including phenoxy) is 1. The van der Waals surface area contributed by atoms with E-state index in [1.54, 1.807) is 0 Å². The Morgan fingerprint density at radius 2 is 2.33 bits per heavy atom. The molecule has 1 aliphatic heterocycles. The molecule has 2 aliphatic rings. The highest BCUT2D eigenvalue weighted by Crippen LogP contribution is 2.41. The van der Waals surface area contributed by atoms with Crippen LogP contribution < -0.4 is 11.1 Å². The monoisotopic (exact) mass is 254 g/mol. The minimum Gasteiger partial charge on any atom is -0.480 e. The van der Waals surface area contributed by atoms with E-state index in [-0.39, 0.29) is 6.61 Å². The Labute approximate surface area is 103 Å². The summed E-state index contributed by atoms with van der Waals surface area (Å²) in [4.78, 5) is 33.8.